The molecule has 0 bridgehead atoms. The second-order valence-electron chi connectivity index (χ2n) is 5.83. The molecule has 1 aromatic carbocycles. The lowest BCUT2D eigenvalue weighted by molar-refractivity contribution is 0.456. The fourth-order valence-corrected chi connectivity index (χ4v) is 3.14. The minimum Gasteiger partial charge on any atom is -0.373 e. The van der Waals surface area contributed by atoms with Crippen molar-refractivity contribution < 1.29 is 0 Å². The largest absolute Gasteiger partial charge is 0.373 e. The number of likely N-dealkylation sites (N-methyl/N-ethyl adjacent to an activating group) is 1. The topological polar surface area (TPSA) is 33.1 Å². The molecule has 1 aromatic heterocycles. The normalized spacial score (nSPS) is 17.5. The molecule has 1 aliphatic carbocycles. The lowest BCUT2D eigenvalue weighted by Gasteiger charge is -2.26. The van der Waals surface area contributed by atoms with Gasteiger partial charge in [-0.25, -0.2) is 0 Å². The summed E-state index contributed by atoms with van der Waals surface area (Å²) in [5.41, 5.74) is 4.06. The smallest absolute Gasteiger partial charge is 0.0540 e. The molecule has 21 heavy (non-hydrogen) atoms. The van der Waals surface area contributed by atoms with Crippen molar-refractivity contribution in [3.63, 3.8) is 0 Å². The summed E-state index contributed by atoms with van der Waals surface area (Å²) in [6.45, 7) is 2.00. The maximum absolute atomic E-state index is 4.41. The van der Waals surface area contributed by atoms with E-state index >= 15 is 0 Å². The van der Waals surface area contributed by atoms with Crippen LogP contribution in [0.3, 0.4) is 0 Å². The number of rotatable bonds is 5. The van der Waals surface area contributed by atoms with Crippen molar-refractivity contribution in [3.05, 3.63) is 47.8 Å². The van der Waals surface area contributed by atoms with E-state index in [2.05, 4.69) is 52.7 Å². The highest BCUT2D eigenvalue weighted by Gasteiger charge is 2.22. The van der Waals surface area contributed by atoms with Crippen molar-refractivity contribution in [2.75, 3.05) is 25.0 Å². The Hall–Kier alpha value is -1.81. The predicted molar refractivity (Wildman–Crippen MR) is 86.6 cm³/mol. The molecule has 0 amide bonds. The van der Waals surface area contributed by atoms with E-state index < -0.39 is 0 Å². The Labute approximate surface area is 126 Å². The number of nitrogens with zero attached hydrogens (tertiary/aromatic N) is 3. The first-order valence-electron chi connectivity index (χ1n) is 7.76. The van der Waals surface area contributed by atoms with Crippen molar-refractivity contribution >= 4 is 5.69 Å². The number of aromatic nitrogens is 2. The summed E-state index contributed by atoms with van der Waals surface area (Å²) in [5, 5.41) is 8.10. The average Bonchev–Trinajstić information content (AvgIpc) is 2.91. The van der Waals surface area contributed by atoms with Crippen LogP contribution in [0.4, 0.5) is 5.69 Å². The zero-order chi connectivity index (χ0) is 14.7. The zero-order valence-electron chi connectivity index (χ0n) is 12.9. The molecule has 4 heteroatoms. The number of para-hydroxylation sites is 1. The monoisotopic (exact) mass is 284 g/mol. The standard InChI is InChI=1S/C17H24N4/c1-20(14-7-4-3-5-8-14)12-11-18-16-9-6-10-17-15(16)13-19-21(17)2/h3-5,7-8,13,16,18H,6,9-12H2,1-2H3/t16-/m0/s1. The molecular formula is C17H24N4. The Balaban J connectivity index is 1.55. The van der Waals surface area contributed by atoms with E-state index in [-0.39, 0.29) is 0 Å². The molecule has 0 saturated carbocycles. The number of aryl methyl sites for hydroxylation is 1. The van der Waals surface area contributed by atoms with Gasteiger partial charge in [0.25, 0.3) is 0 Å². The van der Waals surface area contributed by atoms with Gasteiger partial charge in [-0.3, -0.25) is 4.68 Å². The molecule has 0 aliphatic heterocycles. The predicted octanol–water partition coefficient (Wildman–Crippen LogP) is 2.52. The summed E-state index contributed by atoms with van der Waals surface area (Å²) in [6, 6.07) is 11.0. The molecule has 2 aromatic rings. The van der Waals surface area contributed by atoms with Gasteiger partial charge in [0, 0.05) is 50.2 Å². The van der Waals surface area contributed by atoms with Crippen LogP contribution in [0.5, 0.6) is 0 Å². The third-order valence-corrected chi connectivity index (χ3v) is 4.41. The van der Waals surface area contributed by atoms with E-state index in [4.69, 9.17) is 0 Å². The van der Waals surface area contributed by atoms with E-state index in [0.29, 0.717) is 6.04 Å². The number of nitrogens with one attached hydrogen (secondary N) is 1. The molecule has 0 saturated heterocycles. The van der Waals surface area contributed by atoms with Gasteiger partial charge < -0.3 is 10.2 Å². The summed E-state index contributed by atoms with van der Waals surface area (Å²) in [5.74, 6) is 0. The quantitative estimate of drug-likeness (QED) is 0.916. The highest BCUT2D eigenvalue weighted by Crippen LogP contribution is 2.28. The average molecular weight is 284 g/mol. The van der Waals surface area contributed by atoms with Crippen LogP contribution in [0.15, 0.2) is 36.5 Å². The van der Waals surface area contributed by atoms with E-state index in [1.54, 1.807) is 0 Å². The van der Waals surface area contributed by atoms with E-state index in [0.717, 1.165) is 19.5 Å². The van der Waals surface area contributed by atoms with Gasteiger partial charge >= 0.3 is 0 Å². The van der Waals surface area contributed by atoms with Crippen molar-refractivity contribution in [2.45, 2.75) is 25.3 Å². The second kappa shape index (κ2) is 6.31. The Morgan fingerprint density at radius 3 is 2.95 bits per heavy atom. The summed E-state index contributed by atoms with van der Waals surface area (Å²) < 4.78 is 2.03. The molecule has 1 aliphatic rings. The van der Waals surface area contributed by atoms with Gasteiger partial charge in [0.2, 0.25) is 0 Å². The molecule has 1 heterocycles. The van der Waals surface area contributed by atoms with Crippen LogP contribution in [-0.4, -0.2) is 29.9 Å². The SMILES string of the molecule is CN(CCN[C@H]1CCCc2c1cnn2C)c1ccccc1. The lowest BCUT2D eigenvalue weighted by atomic mass is 9.93. The van der Waals surface area contributed by atoms with Gasteiger partial charge in [-0.2, -0.15) is 5.10 Å². The van der Waals surface area contributed by atoms with E-state index in [9.17, 15) is 0 Å². The van der Waals surface area contributed by atoms with Crippen molar-refractivity contribution in [2.24, 2.45) is 7.05 Å². The van der Waals surface area contributed by atoms with Crippen LogP contribution in [0.2, 0.25) is 0 Å². The summed E-state index contributed by atoms with van der Waals surface area (Å²) in [4.78, 5) is 2.29. The molecule has 1 N–H and O–H groups in total. The fraction of sp³-hybridized carbons (Fsp3) is 0.471. The molecule has 0 spiro atoms. The van der Waals surface area contributed by atoms with Crippen molar-refractivity contribution in [1.82, 2.24) is 15.1 Å². The summed E-state index contributed by atoms with van der Waals surface area (Å²) >= 11 is 0. The van der Waals surface area contributed by atoms with Crippen LogP contribution < -0.4 is 10.2 Å². The Morgan fingerprint density at radius 1 is 1.33 bits per heavy atom. The molecule has 0 unspecified atom stereocenters. The minimum absolute atomic E-state index is 0.464. The maximum atomic E-state index is 4.41. The summed E-state index contributed by atoms with van der Waals surface area (Å²) in [7, 11) is 4.19. The Kier molecular flexibility index (Phi) is 4.25. The Morgan fingerprint density at radius 2 is 2.14 bits per heavy atom. The van der Waals surface area contributed by atoms with Crippen LogP contribution >= 0.6 is 0 Å². The zero-order valence-corrected chi connectivity index (χ0v) is 12.9. The number of hydrogen-bond donors (Lipinski definition) is 1. The Bertz CT molecular complexity index is 576. The fourth-order valence-electron chi connectivity index (χ4n) is 3.14. The number of benzene rings is 1. The molecule has 0 radical (unpaired) electrons. The first-order chi connectivity index (χ1) is 10.3. The van der Waals surface area contributed by atoms with Gasteiger partial charge in [0.1, 0.15) is 0 Å². The van der Waals surface area contributed by atoms with Gasteiger partial charge in [0.15, 0.2) is 0 Å². The summed E-state index contributed by atoms with van der Waals surface area (Å²) in [6.07, 6.45) is 5.66. The van der Waals surface area contributed by atoms with Gasteiger partial charge in [0.05, 0.1) is 6.20 Å². The first kappa shape index (κ1) is 14.1. The first-order valence-corrected chi connectivity index (χ1v) is 7.76. The molecular weight excluding hydrogens is 260 g/mol. The van der Waals surface area contributed by atoms with E-state index in [1.807, 2.05) is 17.9 Å². The molecule has 1 atom stereocenters. The van der Waals surface area contributed by atoms with Gasteiger partial charge in [-0.05, 0) is 31.4 Å². The highest BCUT2D eigenvalue weighted by molar-refractivity contribution is 5.44. The number of anilines is 1. The van der Waals surface area contributed by atoms with Gasteiger partial charge in [-0.1, -0.05) is 18.2 Å². The van der Waals surface area contributed by atoms with Gasteiger partial charge in [-0.15, -0.1) is 0 Å². The van der Waals surface area contributed by atoms with Crippen LogP contribution in [0, 0.1) is 0 Å². The van der Waals surface area contributed by atoms with Crippen LogP contribution in [0.25, 0.3) is 0 Å². The molecule has 4 nitrogen and oxygen atoms in total. The maximum Gasteiger partial charge on any atom is 0.0540 e. The third-order valence-electron chi connectivity index (χ3n) is 4.41. The minimum atomic E-state index is 0.464. The van der Waals surface area contributed by atoms with Crippen molar-refractivity contribution in [3.8, 4) is 0 Å². The molecule has 0 fully saturated rings. The second-order valence-corrected chi connectivity index (χ2v) is 5.83. The van der Waals surface area contributed by atoms with Crippen molar-refractivity contribution in [1.29, 1.82) is 0 Å². The van der Waals surface area contributed by atoms with Crippen LogP contribution in [-0.2, 0) is 13.5 Å². The number of hydrogen-bond acceptors (Lipinski definition) is 3. The molecule has 112 valence electrons. The molecule has 3 rings (SSSR count). The third kappa shape index (κ3) is 3.10. The van der Waals surface area contributed by atoms with Crippen LogP contribution in [0.1, 0.15) is 30.1 Å². The lowest BCUT2D eigenvalue weighted by Crippen LogP contribution is -2.33. The number of fused-ring (bicyclic) bond motifs is 1. The highest BCUT2D eigenvalue weighted by atomic mass is 15.3. The van der Waals surface area contributed by atoms with E-state index in [1.165, 1.54) is 29.8 Å².